The number of carbonyl (C=O) groups excluding carboxylic acids is 1. The fourth-order valence-electron chi connectivity index (χ4n) is 1.06. The number of nitrogens with zero attached hydrogens (tertiary/aromatic N) is 1. The van der Waals surface area contributed by atoms with Gasteiger partial charge < -0.3 is 4.74 Å². The van der Waals surface area contributed by atoms with Crippen LogP contribution >= 0.6 is 11.8 Å². The van der Waals surface area contributed by atoms with Crippen LogP contribution < -0.4 is 0 Å². The van der Waals surface area contributed by atoms with E-state index in [2.05, 4.69) is 0 Å². The highest BCUT2D eigenvalue weighted by Gasteiger charge is 2.05. The van der Waals surface area contributed by atoms with Gasteiger partial charge in [0.2, 0.25) is 0 Å². The van der Waals surface area contributed by atoms with E-state index < -0.39 is 5.82 Å². The standard InChI is InChI=1S/C11H10FNO2S/c1-2-15-11(14)7-16-10-4-8(6-13)3-9(12)5-10/h3-5H,2,7H2,1H3. The highest BCUT2D eigenvalue weighted by molar-refractivity contribution is 8.00. The molecule has 5 heteroatoms. The fraction of sp³-hybridized carbons (Fsp3) is 0.273. The second kappa shape index (κ2) is 6.13. The molecule has 0 amide bonds. The first-order chi connectivity index (χ1) is 7.65. The van der Waals surface area contributed by atoms with E-state index in [0.29, 0.717) is 11.5 Å². The van der Waals surface area contributed by atoms with Gasteiger partial charge in [-0.3, -0.25) is 4.79 Å². The van der Waals surface area contributed by atoms with E-state index >= 15 is 0 Å². The zero-order valence-electron chi connectivity index (χ0n) is 8.70. The highest BCUT2D eigenvalue weighted by Crippen LogP contribution is 2.20. The molecule has 3 nitrogen and oxygen atoms in total. The Morgan fingerprint density at radius 1 is 1.56 bits per heavy atom. The van der Waals surface area contributed by atoms with Gasteiger partial charge in [0.1, 0.15) is 5.82 Å². The first-order valence-corrected chi connectivity index (χ1v) is 5.63. The number of hydrogen-bond acceptors (Lipinski definition) is 4. The first kappa shape index (κ1) is 12.5. The SMILES string of the molecule is CCOC(=O)CSc1cc(F)cc(C#N)c1. The Morgan fingerprint density at radius 2 is 2.31 bits per heavy atom. The molecule has 0 N–H and O–H groups in total. The Kier molecular flexibility index (Phi) is 4.80. The molecule has 0 aliphatic rings. The molecule has 1 aromatic rings. The smallest absolute Gasteiger partial charge is 0.316 e. The summed E-state index contributed by atoms with van der Waals surface area (Å²) in [5.41, 5.74) is 0.242. The van der Waals surface area contributed by atoms with Gasteiger partial charge >= 0.3 is 5.97 Å². The molecule has 0 radical (unpaired) electrons. The quantitative estimate of drug-likeness (QED) is 0.597. The third-order valence-electron chi connectivity index (χ3n) is 1.66. The van der Waals surface area contributed by atoms with Crippen LogP contribution in [-0.4, -0.2) is 18.3 Å². The summed E-state index contributed by atoms with van der Waals surface area (Å²) in [5.74, 6) is -0.719. The van der Waals surface area contributed by atoms with E-state index in [0.717, 1.165) is 17.8 Å². The number of halogens is 1. The second-order valence-electron chi connectivity index (χ2n) is 2.88. The fourth-order valence-corrected chi connectivity index (χ4v) is 1.83. The summed E-state index contributed by atoms with van der Waals surface area (Å²) in [7, 11) is 0. The molecule has 1 aromatic carbocycles. The Balaban J connectivity index is 2.64. The summed E-state index contributed by atoms with van der Waals surface area (Å²) in [6.45, 7) is 2.05. The van der Waals surface area contributed by atoms with Gasteiger partial charge in [-0.05, 0) is 25.1 Å². The van der Waals surface area contributed by atoms with E-state index in [9.17, 15) is 9.18 Å². The number of benzene rings is 1. The minimum Gasteiger partial charge on any atom is -0.465 e. The third-order valence-corrected chi connectivity index (χ3v) is 2.61. The lowest BCUT2D eigenvalue weighted by Gasteiger charge is -2.02. The first-order valence-electron chi connectivity index (χ1n) is 4.65. The van der Waals surface area contributed by atoms with Crippen molar-refractivity contribution in [3.8, 4) is 6.07 Å². The largest absolute Gasteiger partial charge is 0.465 e. The molecule has 0 saturated carbocycles. The van der Waals surface area contributed by atoms with Gasteiger partial charge in [0.05, 0.1) is 24.0 Å². The van der Waals surface area contributed by atoms with Crippen LogP contribution in [-0.2, 0) is 9.53 Å². The molecule has 0 spiro atoms. The van der Waals surface area contributed by atoms with Crippen molar-refractivity contribution in [1.29, 1.82) is 5.26 Å². The van der Waals surface area contributed by atoms with Crippen molar-refractivity contribution in [2.24, 2.45) is 0 Å². The monoisotopic (exact) mass is 239 g/mol. The maximum absolute atomic E-state index is 13.0. The van der Waals surface area contributed by atoms with E-state index in [1.54, 1.807) is 6.92 Å². The van der Waals surface area contributed by atoms with E-state index in [1.165, 1.54) is 12.1 Å². The summed E-state index contributed by atoms with van der Waals surface area (Å²) in [4.78, 5) is 11.6. The molecule has 84 valence electrons. The molecule has 0 fully saturated rings. The lowest BCUT2D eigenvalue weighted by Crippen LogP contribution is -2.06. The molecule has 0 heterocycles. The number of nitriles is 1. The van der Waals surface area contributed by atoms with Crippen LogP contribution in [0.1, 0.15) is 12.5 Å². The van der Waals surface area contributed by atoms with Crippen molar-refractivity contribution in [1.82, 2.24) is 0 Å². The summed E-state index contributed by atoms with van der Waals surface area (Å²) >= 11 is 1.15. The van der Waals surface area contributed by atoms with E-state index in [4.69, 9.17) is 10.00 Å². The molecule has 0 aliphatic carbocycles. The summed E-state index contributed by atoms with van der Waals surface area (Å²) in [5, 5.41) is 8.63. The van der Waals surface area contributed by atoms with Crippen molar-refractivity contribution in [3.05, 3.63) is 29.6 Å². The minimum atomic E-state index is -0.481. The van der Waals surface area contributed by atoms with Gasteiger partial charge in [-0.15, -0.1) is 11.8 Å². The lowest BCUT2D eigenvalue weighted by molar-refractivity contribution is -0.139. The second-order valence-corrected chi connectivity index (χ2v) is 3.93. The lowest BCUT2D eigenvalue weighted by atomic mass is 10.2. The number of esters is 1. The maximum Gasteiger partial charge on any atom is 0.316 e. The molecule has 1 rings (SSSR count). The van der Waals surface area contributed by atoms with Crippen molar-refractivity contribution in [2.45, 2.75) is 11.8 Å². The predicted octanol–water partition coefficient (Wildman–Crippen LogP) is 2.35. The predicted molar refractivity (Wildman–Crippen MR) is 58.5 cm³/mol. The Labute approximate surface area is 97.2 Å². The highest BCUT2D eigenvalue weighted by atomic mass is 32.2. The molecule has 16 heavy (non-hydrogen) atoms. The zero-order chi connectivity index (χ0) is 12.0. The van der Waals surface area contributed by atoms with Gasteiger partial charge in [0.25, 0.3) is 0 Å². The Morgan fingerprint density at radius 3 is 2.94 bits per heavy atom. The third kappa shape index (κ3) is 3.91. The molecule has 0 aromatic heterocycles. The molecular formula is C11H10FNO2S. The number of hydrogen-bond donors (Lipinski definition) is 0. The zero-order valence-corrected chi connectivity index (χ0v) is 9.51. The molecular weight excluding hydrogens is 229 g/mol. The number of rotatable bonds is 4. The number of carbonyl (C=O) groups is 1. The van der Waals surface area contributed by atoms with Crippen molar-refractivity contribution >= 4 is 17.7 Å². The summed E-state index contributed by atoms with van der Waals surface area (Å²) < 4.78 is 17.7. The molecule has 0 unspecified atom stereocenters. The van der Waals surface area contributed by atoms with Crippen molar-refractivity contribution in [3.63, 3.8) is 0 Å². The van der Waals surface area contributed by atoms with Gasteiger partial charge in [-0.1, -0.05) is 0 Å². The van der Waals surface area contributed by atoms with Gasteiger partial charge in [0, 0.05) is 4.90 Å². The minimum absolute atomic E-state index is 0.113. The maximum atomic E-state index is 13.0. The number of ether oxygens (including phenoxy) is 1. The molecule has 0 aliphatic heterocycles. The van der Waals surface area contributed by atoms with Crippen LogP contribution in [0.4, 0.5) is 4.39 Å². The van der Waals surface area contributed by atoms with Gasteiger partial charge in [-0.25, -0.2) is 4.39 Å². The van der Waals surface area contributed by atoms with Crippen LogP contribution in [0.15, 0.2) is 23.1 Å². The molecule has 0 atom stereocenters. The molecule has 0 saturated heterocycles. The molecule has 0 bridgehead atoms. The van der Waals surface area contributed by atoms with Crippen LogP contribution in [0.25, 0.3) is 0 Å². The average Bonchev–Trinajstić information content (AvgIpc) is 2.26. The van der Waals surface area contributed by atoms with Gasteiger partial charge in [0.15, 0.2) is 0 Å². The average molecular weight is 239 g/mol. The van der Waals surface area contributed by atoms with Crippen LogP contribution in [0, 0.1) is 17.1 Å². The van der Waals surface area contributed by atoms with E-state index in [-0.39, 0.29) is 17.3 Å². The van der Waals surface area contributed by atoms with Crippen LogP contribution in [0.5, 0.6) is 0 Å². The van der Waals surface area contributed by atoms with Crippen molar-refractivity contribution < 1.29 is 13.9 Å². The Bertz CT molecular complexity index is 428. The number of thioether (sulfide) groups is 1. The van der Waals surface area contributed by atoms with Crippen LogP contribution in [0.2, 0.25) is 0 Å². The van der Waals surface area contributed by atoms with Crippen LogP contribution in [0.3, 0.4) is 0 Å². The summed E-state index contributed by atoms with van der Waals surface area (Å²) in [6.07, 6.45) is 0. The van der Waals surface area contributed by atoms with E-state index in [1.807, 2.05) is 6.07 Å². The van der Waals surface area contributed by atoms with Crippen molar-refractivity contribution in [2.75, 3.05) is 12.4 Å². The summed E-state index contributed by atoms with van der Waals surface area (Å²) in [6, 6.07) is 5.82. The van der Waals surface area contributed by atoms with Gasteiger partial charge in [-0.2, -0.15) is 5.26 Å². The topological polar surface area (TPSA) is 50.1 Å². The normalized spacial score (nSPS) is 9.56. The Hall–Kier alpha value is -1.54.